The van der Waals surface area contributed by atoms with Crippen LogP contribution in [0.4, 0.5) is 0 Å². The van der Waals surface area contributed by atoms with Crippen molar-refractivity contribution in [1.29, 1.82) is 5.26 Å². The van der Waals surface area contributed by atoms with Crippen LogP contribution in [0.3, 0.4) is 0 Å². The van der Waals surface area contributed by atoms with E-state index in [1.807, 2.05) is 55.5 Å². The molecule has 0 unspecified atom stereocenters. The maximum Gasteiger partial charge on any atom is 0.251 e. The molecule has 30 heavy (non-hydrogen) atoms. The largest absolute Gasteiger partial charge is 0.394 e. The first-order chi connectivity index (χ1) is 14.5. The Kier molecular flexibility index (Phi) is 6.63. The van der Waals surface area contributed by atoms with Crippen molar-refractivity contribution in [1.82, 2.24) is 5.32 Å². The van der Waals surface area contributed by atoms with Crippen LogP contribution >= 0.6 is 0 Å². The number of nitrogens with zero attached hydrogens (tertiary/aromatic N) is 1. The number of aliphatic hydroxyl groups excluding tert-OH is 2. The summed E-state index contributed by atoms with van der Waals surface area (Å²) in [4.78, 5) is 12.8. The standard InChI is InChI=1S/C25H24N2O3/c1-16-7-8-24(22(9-16)13-26)20-10-19(23-6-4-3-5-18(23)15-29)11-21(12-20)25(30)27-17(2)14-28/h3-12,17,28-29H,14-15H2,1-2H3,(H,27,30)/t17-/m0/s1. The fourth-order valence-corrected chi connectivity index (χ4v) is 3.36. The lowest BCUT2D eigenvalue weighted by Gasteiger charge is -2.15. The van der Waals surface area contributed by atoms with Crippen molar-refractivity contribution in [2.45, 2.75) is 26.5 Å². The van der Waals surface area contributed by atoms with Gasteiger partial charge in [0.15, 0.2) is 0 Å². The number of hydrogen-bond donors (Lipinski definition) is 3. The van der Waals surface area contributed by atoms with Crippen LogP contribution in [0.1, 0.15) is 34.0 Å². The van der Waals surface area contributed by atoms with Gasteiger partial charge in [-0.25, -0.2) is 0 Å². The second-order valence-corrected chi connectivity index (χ2v) is 7.33. The monoisotopic (exact) mass is 400 g/mol. The van der Waals surface area contributed by atoms with Crippen LogP contribution in [-0.4, -0.2) is 28.8 Å². The lowest BCUT2D eigenvalue weighted by Crippen LogP contribution is -2.35. The number of aliphatic hydroxyl groups is 2. The van der Waals surface area contributed by atoms with Crippen molar-refractivity contribution in [3.8, 4) is 28.3 Å². The normalized spacial score (nSPS) is 11.6. The van der Waals surface area contributed by atoms with Gasteiger partial charge < -0.3 is 15.5 Å². The van der Waals surface area contributed by atoms with Gasteiger partial charge in [-0.15, -0.1) is 0 Å². The zero-order chi connectivity index (χ0) is 21.7. The van der Waals surface area contributed by atoms with Gasteiger partial charge in [0.2, 0.25) is 0 Å². The number of nitrogens with one attached hydrogen (secondary N) is 1. The number of carbonyl (C=O) groups excluding carboxylic acids is 1. The molecule has 1 amide bonds. The fraction of sp³-hybridized carbons (Fsp3) is 0.200. The highest BCUT2D eigenvalue weighted by molar-refractivity contribution is 5.97. The highest BCUT2D eigenvalue weighted by atomic mass is 16.3. The van der Waals surface area contributed by atoms with Crippen LogP contribution in [0, 0.1) is 18.3 Å². The molecule has 3 aromatic carbocycles. The lowest BCUT2D eigenvalue weighted by atomic mass is 9.91. The molecule has 0 aromatic heterocycles. The topological polar surface area (TPSA) is 93.3 Å². The van der Waals surface area contributed by atoms with Crippen molar-refractivity contribution in [3.63, 3.8) is 0 Å². The molecule has 0 aliphatic heterocycles. The second kappa shape index (κ2) is 9.36. The predicted molar refractivity (Wildman–Crippen MR) is 117 cm³/mol. The van der Waals surface area contributed by atoms with Crippen LogP contribution in [0.2, 0.25) is 0 Å². The highest BCUT2D eigenvalue weighted by Gasteiger charge is 2.16. The van der Waals surface area contributed by atoms with Gasteiger partial charge in [0.25, 0.3) is 5.91 Å². The summed E-state index contributed by atoms with van der Waals surface area (Å²) in [5.74, 6) is -0.313. The molecular formula is C25H24N2O3. The van der Waals surface area contributed by atoms with Crippen molar-refractivity contribution >= 4 is 5.91 Å². The number of nitriles is 1. The fourth-order valence-electron chi connectivity index (χ4n) is 3.36. The number of aryl methyl sites for hydroxylation is 1. The molecule has 1 atom stereocenters. The zero-order valence-electron chi connectivity index (χ0n) is 17.0. The maximum absolute atomic E-state index is 12.8. The Hall–Kier alpha value is -3.46. The van der Waals surface area contributed by atoms with E-state index in [0.29, 0.717) is 11.1 Å². The minimum Gasteiger partial charge on any atom is -0.394 e. The molecule has 0 aliphatic rings. The summed E-state index contributed by atoms with van der Waals surface area (Å²) in [7, 11) is 0. The number of amides is 1. The van der Waals surface area contributed by atoms with Crippen molar-refractivity contribution in [2.75, 3.05) is 6.61 Å². The first kappa shape index (κ1) is 21.3. The summed E-state index contributed by atoms with van der Waals surface area (Å²) in [5.41, 5.74) is 5.72. The molecule has 0 radical (unpaired) electrons. The van der Waals surface area contributed by atoms with E-state index in [1.54, 1.807) is 19.1 Å². The molecule has 0 saturated carbocycles. The molecule has 0 aliphatic carbocycles. The third-order valence-electron chi connectivity index (χ3n) is 4.95. The van der Waals surface area contributed by atoms with Gasteiger partial charge in [-0.2, -0.15) is 5.26 Å². The molecule has 0 fully saturated rings. The highest BCUT2D eigenvalue weighted by Crippen LogP contribution is 2.32. The van der Waals surface area contributed by atoms with Gasteiger partial charge in [0.05, 0.1) is 24.8 Å². The minimum atomic E-state index is -0.386. The minimum absolute atomic E-state index is 0.128. The summed E-state index contributed by atoms with van der Waals surface area (Å²) in [6.07, 6.45) is 0. The van der Waals surface area contributed by atoms with Gasteiger partial charge >= 0.3 is 0 Å². The Morgan fingerprint density at radius 3 is 2.40 bits per heavy atom. The average Bonchev–Trinajstić information content (AvgIpc) is 2.78. The quantitative estimate of drug-likeness (QED) is 0.587. The molecule has 3 rings (SSSR count). The Morgan fingerprint density at radius 1 is 1.03 bits per heavy atom. The maximum atomic E-state index is 12.8. The van der Waals surface area contributed by atoms with E-state index in [1.165, 1.54) is 0 Å². The Labute approximate surface area is 176 Å². The van der Waals surface area contributed by atoms with Gasteiger partial charge in [0, 0.05) is 11.6 Å². The molecule has 0 heterocycles. The molecular weight excluding hydrogens is 376 g/mol. The number of rotatable bonds is 6. The average molecular weight is 400 g/mol. The van der Waals surface area contributed by atoms with E-state index in [4.69, 9.17) is 0 Å². The molecule has 0 spiro atoms. The van der Waals surface area contributed by atoms with Crippen LogP contribution in [0.5, 0.6) is 0 Å². The van der Waals surface area contributed by atoms with Crippen molar-refractivity contribution in [3.05, 3.63) is 82.9 Å². The van der Waals surface area contributed by atoms with E-state index in [2.05, 4.69) is 11.4 Å². The predicted octanol–water partition coefficient (Wildman–Crippen LogP) is 3.80. The number of hydrogen-bond acceptors (Lipinski definition) is 4. The smallest absolute Gasteiger partial charge is 0.251 e. The summed E-state index contributed by atoms with van der Waals surface area (Å²) in [6, 6.07) is 20.4. The third kappa shape index (κ3) is 4.57. The summed E-state index contributed by atoms with van der Waals surface area (Å²) < 4.78 is 0. The van der Waals surface area contributed by atoms with E-state index >= 15 is 0 Å². The molecule has 5 nitrogen and oxygen atoms in total. The zero-order valence-corrected chi connectivity index (χ0v) is 17.0. The van der Waals surface area contributed by atoms with Gasteiger partial charge in [-0.05, 0) is 71.5 Å². The van der Waals surface area contributed by atoms with Crippen LogP contribution in [0.25, 0.3) is 22.3 Å². The first-order valence-corrected chi connectivity index (χ1v) is 9.74. The first-order valence-electron chi connectivity index (χ1n) is 9.74. The molecule has 3 N–H and O–H groups in total. The summed E-state index contributed by atoms with van der Waals surface area (Å²) in [5, 5.41) is 31.4. The number of benzene rings is 3. The number of carbonyl (C=O) groups is 1. The SMILES string of the molecule is Cc1ccc(-c2cc(C(=O)N[C@@H](C)CO)cc(-c3ccccc3CO)c2)c(C#N)c1. The Morgan fingerprint density at radius 2 is 1.73 bits per heavy atom. The molecule has 5 heteroatoms. The molecule has 0 bridgehead atoms. The van der Waals surface area contributed by atoms with E-state index in [9.17, 15) is 20.3 Å². The summed E-state index contributed by atoms with van der Waals surface area (Å²) in [6.45, 7) is 3.35. The van der Waals surface area contributed by atoms with Crippen LogP contribution in [0.15, 0.2) is 60.7 Å². The van der Waals surface area contributed by atoms with E-state index in [-0.39, 0.29) is 25.2 Å². The van der Waals surface area contributed by atoms with Crippen LogP contribution < -0.4 is 5.32 Å². The second-order valence-electron chi connectivity index (χ2n) is 7.33. The molecule has 0 saturated heterocycles. The lowest BCUT2D eigenvalue weighted by molar-refractivity contribution is 0.0922. The molecule has 3 aromatic rings. The van der Waals surface area contributed by atoms with Gasteiger partial charge in [-0.3, -0.25) is 4.79 Å². The van der Waals surface area contributed by atoms with E-state index < -0.39 is 0 Å². The van der Waals surface area contributed by atoms with E-state index in [0.717, 1.165) is 33.4 Å². The Balaban J connectivity index is 2.21. The van der Waals surface area contributed by atoms with Gasteiger partial charge in [-0.1, -0.05) is 36.4 Å². The van der Waals surface area contributed by atoms with Crippen molar-refractivity contribution < 1.29 is 15.0 Å². The summed E-state index contributed by atoms with van der Waals surface area (Å²) >= 11 is 0. The third-order valence-corrected chi connectivity index (χ3v) is 4.95. The molecule has 152 valence electrons. The van der Waals surface area contributed by atoms with Gasteiger partial charge in [0.1, 0.15) is 0 Å². The van der Waals surface area contributed by atoms with Crippen molar-refractivity contribution in [2.24, 2.45) is 0 Å². The Bertz CT molecular complexity index is 1120. The van der Waals surface area contributed by atoms with Crippen LogP contribution in [-0.2, 0) is 6.61 Å².